The number of carbonyl (C=O) groups excluding carboxylic acids is 13. The minimum Gasteiger partial charge on any atom is -0.481 e. The number of hydrogen-bond donors (Lipinski definition) is 21. The van der Waals surface area contributed by atoms with E-state index in [1.807, 2.05) is 52.0 Å². The highest BCUT2D eigenvalue weighted by Gasteiger charge is 2.47. The second-order valence-corrected chi connectivity index (χ2v) is 32.8. The van der Waals surface area contributed by atoms with Gasteiger partial charge in [-0.05, 0) is 194 Å². The summed E-state index contributed by atoms with van der Waals surface area (Å²) < 4.78 is 0. The molecule has 0 aliphatic carbocycles. The van der Waals surface area contributed by atoms with Crippen LogP contribution in [0.3, 0.4) is 0 Å². The summed E-state index contributed by atoms with van der Waals surface area (Å²) in [5, 5.41) is 65.3. The summed E-state index contributed by atoms with van der Waals surface area (Å²) in [5.41, 5.74) is 40.0. The number of unbranched alkanes of at least 4 members (excludes halogenated alkanes) is 1. The lowest BCUT2D eigenvalue weighted by Crippen LogP contribution is -2.61. The molecular weight excluding hydrogens is 1620 g/mol. The van der Waals surface area contributed by atoms with Crippen molar-refractivity contribution in [1.82, 2.24) is 78.0 Å². The number of hydrogen-bond acceptors (Lipinski definition) is 20. The molecule has 682 valence electrons. The van der Waals surface area contributed by atoms with Crippen LogP contribution in [0.2, 0.25) is 0 Å². The second kappa shape index (κ2) is 46.7. The average molecular weight is 1750 g/mol. The van der Waals surface area contributed by atoms with Crippen LogP contribution in [-0.4, -0.2) is 221 Å². The molecule has 12 atom stereocenters. The maximum absolute atomic E-state index is 14.8. The SMILES string of the molecule is C=CC1=C(C)c2cc3[nH]c(cc4nc(cc5[nH]c(cc1n2)c(C)c5CCC(=O)N[C@H](C(=O)N[C@@H](CCC(N)=O)C(=O)N[C@@H](CCC(N)=O)C(=O)N[C@H]1CC(C)N(C(C(=O)N[C@@H](CCCCN)C(=O)N[C@@H](CCCNC(=N)N)C(=O)N[C@@H](Cc2ccccc2)C(=O)N[C@@H](CO)C(=O)N[C@@H](CC(C)C)C(N)=O)[C@@H](C)O)C1=O)C(C)C)C(CCC(=O)O)=C4C)c(C)c3C=C. The number of fused-ring (bicyclic) bond motifs is 8. The predicted octanol–water partition coefficient (Wildman–Crippen LogP) is 1.50. The Balaban J connectivity index is 1.09. The van der Waals surface area contributed by atoms with Crippen LogP contribution >= 0.6 is 0 Å². The number of allylic oxidation sites excluding steroid dienone is 5. The second-order valence-electron chi connectivity index (χ2n) is 32.8. The van der Waals surface area contributed by atoms with Gasteiger partial charge in [0.05, 0.1) is 35.5 Å². The molecule has 0 spiro atoms. The van der Waals surface area contributed by atoms with E-state index in [-0.39, 0.29) is 89.6 Å². The molecule has 13 amide bonds. The van der Waals surface area contributed by atoms with Gasteiger partial charge in [-0.1, -0.05) is 83.3 Å². The van der Waals surface area contributed by atoms with Gasteiger partial charge in [0, 0.05) is 77.9 Å². The molecule has 2 unspecified atom stereocenters. The number of benzene rings is 1. The maximum atomic E-state index is 14.8. The Labute approximate surface area is 730 Å². The smallest absolute Gasteiger partial charge is 0.303 e. The molecule has 7 rings (SSSR count). The molecule has 3 aromatic heterocycles. The first-order valence-corrected chi connectivity index (χ1v) is 42.2. The number of primary amides is 3. The third-order valence-corrected chi connectivity index (χ3v) is 22.4. The van der Waals surface area contributed by atoms with Crippen LogP contribution in [0, 0.1) is 31.1 Å². The van der Waals surface area contributed by atoms with Crippen molar-refractivity contribution in [3.8, 4) is 0 Å². The van der Waals surface area contributed by atoms with Gasteiger partial charge in [-0.2, -0.15) is 0 Å². The van der Waals surface area contributed by atoms with Gasteiger partial charge >= 0.3 is 5.97 Å². The van der Waals surface area contributed by atoms with Gasteiger partial charge in [-0.15, -0.1) is 0 Å². The number of aliphatic hydroxyl groups excluding tert-OH is 2. The molecule has 38 heteroatoms. The van der Waals surface area contributed by atoms with Crippen molar-refractivity contribution in [3.63, 3.8) is 0 Å². The van der Waals surface area contributed by atoms with Crippen molar-refractivity contribution in [2.75, 3.05) is 19.7 Å². The van der Waals surface area contributed by atoms with Crippen LogP contribution in [0.4, 0.5) is 0 Å². The summed E-state index contributed by atoms with van der Waals surface area (Å²) in [4.78, 5) is 212. The first-order valence-electron chi connectivity index (χ1n) is 42.2. The van der Waals surface area contributed by atoms with Gasteiger partial charge in [-0.25, -0.2) is 9.97 Å². The van der Waals surface area contributed by atoms with Crippen molar-refractivity contribution in [2.24, 2.45) is 40.5 Å². The van der Waals surface area contributed by atoms with Crippen LogP contribution in [-0.2, 0) is 80.0 Å². The highest BCUT2D eigenvalue weighted by atomic mass is 16.4. The first kappa shape index (κ1) is 100. The number of amides is 13. The molecule has 1 aromatic carbocycles. The van der Waals surface area contributed by atoms with Gasteiger partial charge in [0.25, 0.3) is 0 Å². The van der Waals surface area contributed by atoms with Gasteiger partial charge < -0.3 is 112 Å². The number of aromatic nitrogens is 4. The van der Waals surface area contributed by atoms with Crippen LogP contribution in [0.5, 0.6) is 0 Å². The van der Waals surface area contributed by atoms with Gasteiger partial charge in [0.2, 0.25) is 76.8 Å². The molecule has 38 nitrogen and oxygen atoms in total. The van der Waals surface area contributed by atoms with E-state index in [0.29, 0.717) is 56.9 Å². The third-order valence-electron chi connectivity index (χ3n) is 22.4. The van der Waals surface area contributed by atoms with E-state index in [1.54, 1.807) is 70.2 Å². The molecular formula is C88H123N21O17. The van der Waals surface area contributed by atoms with Crippen molar-refractivity contribution >= 4 is 139 Å². The van der Waals surface area contributed by atoms with Gasteiger partial charge in [0.1, 0.15) is 60.4 Å². The quantitative estimate of drug-likeness (QED) is 0.0169. The summed E-state index contributed by atoms with van der Waals surface area (Å²) in [6, 6.07) is -0.305. The fourth-order valence-corrected chi connectivity index (χ4v) is 15.4. The number of rotatable bonds is 48. The van der Waals surface area contributed by atoms with E-state index >= 15 is 0 Å². The highest BCUT2D eigenvalue weighted by Crippen LogP contribution is 2.37. The third kappa shape index (κ3) is 27.5. The minimum atomic E-state index is -1.78. The Morgan fingerprint density at radius 1 is 0.587 bits per heavy atom. The number of aliphatic carboxylic acids is 1. The van der Waals surface area contributed by atoms with E-state index in [4.69, 9.17) is 44.0 Å². The summed E-state index contributed by atoms with van der Waals surface area (Å²) in [6.45, 7) is 24.6. The maximum Gasteiger partial charge on any atom is 0.303 e. The Bertz CT molecular complexity index is 5010. The van der Waals surface area contributed by atoms with Crippen LogP contribution < -0.4 is 81.8 Å². The summed E-state index contributed by atoms with van der Waals surface area (Å²) in [6.07, 6.45) is -0.260. The van der Waals surface area contributed by atoms with Crippen LogP contribution in [0.25, 0.3) is 50.4 Å². The molecule has 3 aliphatic heterocycles. The fraction of sp³-hybridized carbons (Fsp3) is 0.489. The lowest BCUT2D eigenvalue weighted by atomic mass is 9.99. The van der Waals surface area contributed by atoms with Crippen LogP contribution in [0.1, 0.15) is 196 Å². The molecule has 1 saturated heterocycles. The molecule has 0 radical (unpaired) electrons. The Morgan fingerprint density at radius 3 is 1.67 bits per heavy atom. The molecule has 3 aliphatic rings. The number of aryl methyl sites for hydroxylation is 3. The number of carboxylic acid groups (broad SMARTS) is 1. The number of aromatic amines is 2. The molecule has 4 aromatic rings. The predicted molar refractivity (Wildman–Crippen MR) is 474 cm³/mol. The number of carbonyl (C=O) groups is 14. The first-order chi connectivity index (χ1) is 59.6. The Kier molecular flexibility index (Phi) is 37.1. The van der Waals surface area contributed by atoms with Crippen molar-refractivity contribution in [3.05, 3.63) is 124 Å². The highest BCUT2D eigenvalue weighted by molar-refractivity contribution is 6.02. The van der Waals surface area contributed by atoms with Crippen molar-refractivity contribution < 1.29 is 82.4 Å². The zero-order valence-electron chi connectivity index (χ0n) is 73.1. The molecule has 26 N–H and O–H groups in total. The average Bonchev–Trinajstić information content (AvgIpc) is 1.62. The molecule has 8 bridgehead atoms. The summed E-state index contributed by atoms with van der Waals surface area (Å²) in [5.74, 6) is -14.2. The standard InChI is InChI=1S/C88H123N21O17/c1-13-52-46(8)60-38-61-49(11)55(26-32-75(115)116)67(98-61)41-66-54(48(10)63(99-66)40-65-53(14-2)47(9)62(97-65)39-64(52)96-60)25-31-74(114)108-76(44(5)6)85(124)102-59(28-30-73(91)113)81(120)101-58(27-29-72(90)112)82(121)106-70-36-45(7)109(87(70)126)77(50(12)111)86(125)103-56(23-18-19-33-89)79(118)100-57(24-20-34-95-88(93)94)80(119)105-69(37-51-21-16-15-17-22-51)83(122)107-71(42-110)84(123)104-68(78(92)117)35-43(3)4/h13-17,21-22,38-41,43-45,50,56-59,68-71,76-77,96,99,110-111H,1-2,18-20,23-37,42,89H2,3-12H3,(H2,90,112)(H2,91,113)(H2,92,117)(H,100,118)(H,101,120)(H,102,124)(H,103,125)(H,104,123)(H,105,119)(H,106,121)(H,107,122)(H,108,114)(H,115,116)(H4,93,94,95)/t45?,50-,56+,57+,58+,59+,68+,69+,70+,71+,76+,77?/m1/s1. The molecule has 126 heavy (non-hydrogen) atoms. The van der Waals surface area contributed by atoms with Crippen molar-refractivity contribution in [2.45, 2.75) is 245 Å². The zero-order chi connectivity index (χ0) is 93.2. The topological polar surface area (TPSA) is 635 Å². The number of aliphatic hydroxyl groups is 2. The molecule has 1 fully saturated rings. The summed E-state index contributed by atoms with van der Waals surface area (Å²) >= 11 is 0. The number of likely N-dealkylation sites (tertiary alicyclic amines) is 1. The van der Waals surface area contributed by atoms with E-state index in [1.165, 1.54) is 13.8 Å². The van der Waals surface area contributed by atoms with Crippen LogP contribution in [0.15, 0.2) is 73.8 Å². The number of nitrogens with two attached hydrogens (primary N) is 5. The molecule has 6 heterocycles. The number of guanidine groups is 1. The zero-order valence-corrected chi connectivity index (χ0v) is 73.1. The fourth-order valence-electron chi connectivity index (χ4n) is 15.4. The monoisotopic (exact) mass is 1750 g/mol. The number of nitrogens with one attached hydrogen (secondary N) is 13. The number of nitrogens with zero attached hydrogens (tertiary/aromatic N) is 3. The minimum absolute atomic E-state index is 0.0171. The van der Waals surface area contributed by atoms with E-state index < -0.39 is 199 Å². The largest absolute Gasteiger partial charge is 0.481 e. The normalized spacial score (nSPS) is 16.2. The van der Waals surface area contributed by atoms with Gasteiger partial charge in [-0.3, -0.25) is 72.5 Å². The van der Waals surface area contributed by atoms with Crippen molar-refractivity contribution in [1.29, 1.82) is 5.41 Å². The Hall–Kier alpha value is -13.0. The molecule has 0 saturated carbocycles. The lowest BCUT2D eigenvalue weighted by Gasteiger charge is -2.34. The van der Waals surface area contributed by atoms with E-state index in [2.05, 4.69) is 76.3 Å². The summed E-state index contributed by atoms with van der Waals surface area (Å²) in [7, 11) is 0. The van der Waals surface area contributed by atoms with E-state index in [0.717, 1.165) is 49.3 Å². The lowest BCUT2D eigenvalue weighted by molar-refractivity contribution is -0.145. The number of carboxylic acids is 1. The van der Waals surface area contributed by atoms with E-state index in [9.17, 15) is 82.4 Å². The Morgan fingerprint density at radius 2 is 1.10 bits per heavy atom. The van der Waals surface area contributed by atoms with Gasteiger partial charge in [0.15, 0.2) is 5.96 Å². The number of H-pyrrole nitrogens is 2.